The molecule has 0 radical (unpaired) electrons. The van der Waals surface area contributed by atoms with Crippen molar-refractivity contribution in [2.45, 2.75) is 18.9 Å². The van der Waals surface area contributed by atoms with E-state index >= 15 is 0 Å². The first-order chi connectivity index (χ1) is 8.72. The lowest BCUT2D eigenvalue weighted by Gasteiger charge is -2.44. The van der Waals surface area contributed by atoms with E-state index < -0.39 is 0 Å². The molecule has 2 bridgehead atoms. The number of carbonyl (C=O) groups is 1. The lowest BCUT2D eigenvalue weighted by molar-refractivity contribution is 0.0620. The molecule has 18 heavy (non-hydrogen) atoms. The van der Waals surface area contributed by atoms with E-state index in [2.05, 4.69) is 10.2 Å². The molecule has 0 aliphatic carbocycles. The molecule has 3 aliphatic heterocycles. The van der Waals surface area contributed by atoms with Crippen LogP contribution in [0.3, 0.4) is 0 Å². The number of benzene rings is 1. The van der Waals surface area contributed by atoms with Crippen LogP contribution >= 0.6 is 0 Å². The number of fused-ring (bicyclic) bond motifs is 3. The Morgan fingerprint density at radius 3 is 2.44 bits per heavy atom. The monoisotopic (exact) mass is 245 g/mol. The Morgan fingerprint density at radius 2 is 1.89 bits per heavy atom. The Balaban J connectivity index is 1.66. The molecular formula is C14H19N3O. The number of anilines is 1. The van der Waals surface area contributed by atoms with Gasteiger partial charge >= 0.3 is 0 Å². The van der Waals surface area contributed by atoms with Crippen LogP contribution in [0, 0.1) is 5.92 Å². The van der Waals surface area contributed by atoms with Crippen LogP contribution in [-0.4, -0.2) is 36.5 Å². The van der Waals surface area contributed by atoms with E-state index in [1.165, 1.54) is 25.9 Å². The fraction of sp³-hybridized carbons (Fsp3) is 0.500. The Morgan fingerprint density at radius 1 is 1.22 bits per heavy atom. The van der Waals surface area contributed by atoms with Crippen molar-refractivity contribution in [2.24, 2.45) is 5.92 Å². The van der Waals surface area contributed by atoms with E-state index in [4.69, 9.17) is 5.73 Å². The number of rotatable bonds is 2. The summed E-state index contributed by atoms with van der Waals surface area (Å²) in [7, 11) is 0. The van der Waals surface area contributed by atoms with Gasteiger partial charge in [0.15, 0.2) is 0 Å². The van der Waals surface area contributed by atoms with E-state index in [0.717, 1.165) is 6.54 Å². The normalized spacial score (nSPS) is 30.1. The minimum atomic E-state index is 0.0220. The van der Waals surface area contributed by atoms with Crippen molar-refractivity contribution in [1.29, 1.82) is 0 Å². The molecule has 3 heterocycles. The SMILES string of the molecule is Nc1ccc(C(=O)NC2CN3CCC2CC3)cc1. The van der Waals surface area contributed by atoms with Crippen molar-refractivity contribution in [2.75, 3.05) is 25.4 Å². The van der Waals surface area contributed by atoms with Crippen LogP contribution in [0.15, 0.2) is 24.3 Å². The molecule has 3 saturated heterocycles. The number of amides is 1. The van der Waals surface area contributed by atoms with Crippen molar-refractivity contribution in [3.8, 4) is 0 Å². The first kappa shape index (κ1) is 11.5. The molecule has 4 rings (SSSR count). The van der Waals surface area contributed by atoms with Gasteiger partial charge in [-0.15, -0.1) is 0 Å². The molecule has 0 saturated carbocycles. The summed E-state index contributed by atoms with van der Waals surface area (Å²) in [6.07, 6.45) is 2.43. The molecule has 0 spiro atoms. The lowest BCUT2D eigenvalue weighted by Crippen LogP contribution is -2.57. The Hall–Kier alpha value is -1.55. The Kier molecular flexibility index (Phi) is 2.96. The molecule has 1 atom stereocenters. The zero-order valence-electron chi connectivity index (χ0n) is 10.4. The van der Waals surface area contributed by atoms with Gasteiger partial charge in [0.1, 0.15) is 0 Å². The third-order valence-electron chi connectivity index (χ3n) is 4.15. The topological polar surface area (TPSA) is 58.4 Å². The molecule has 1 aromatic carbocycles. The van der Waals surface area contributed by atoms with Crippen molar-refractivity contribution >= 4 is 11.6 Å². The van der Waals surface area contributed by atoms with Gasteiger partial charge in [-0.1, -0.05) is 0 Å². The van der Waals surface area contributed by atoms with Crippen LogP contribution in [0.5, 0.6) is 0 Å². The van der Waals surface area contributed by atoms with Crippen molar-refractivity contribution < 1.29 is 4.79 Å². The summed E-state index contributed by atoms with van der Waals surface area (Å²) < 4.78 is 0. The second-order valence-electron chi connectivity index (χ2n) is 5.34. The van der Waals surface area contributed by atoms with E-state index in [0.29, 0.717) is 23.2 Å². The lowest BCUT2D eigenvalue weighted by atomic mass is 9.84. The van der Waals surface area contributed by atoms with Gasteiger partial charge in [0.2, 0.25) is 0 Å². The summed E-state index contributed by atoms with van der Waals surface area (Å²) in [6, 6.07) is 7.42. The van der Waals surface area contributed by atoms with Crippen LogP contribution in [0.25, 0.3) is 0 Å². The average Bonchev–Trinajstić information content (AvgIpc) is 2.41. The molecule has 1 aromatic rings. The van der Waals surface area contributed by atoms with Crippen LogP contribution in [0.4, 0.5) is 5.69 Å². The molecule has 1 unspecified atom stereocenters. The van der Waals surface area contributed by atoms with Gasteiger partial charge in [0.05, 0.1) is 0 Å². The maximum Gasteiger partial charge on any atom is 0.251 e. The second kappa shape index (κ2) is 4.61. The zero-order chi connectivity index (χ0) is 12.5. The average molecular weight is 245 g/mol. The number of piperidine rings is 3. The minimum Gasteiger partial charge on any atom is -0.399 e. The van der Waals surface area contributed by atoms with Gasteiger partial charge in [-0.2, -0.15) is 0 Å². The maximum absolute atomic E-state index is 12.1. The standard InChI is InChI=1S/C14H19N3O/c15-12-3-1-11(2-4-12)14(18)16-13-9-17-7-5-10(13)6-8-17/h1-4,10,13H,5-9,15H2,(H,16,18). The number of hydrogen-bond acceptors (Lipinski definition) is 3. The first-order valence-corrected chi connectivity index (χ1v) is 6.61. The smallest absolute Gasteiger partial charge is 0.251 e. The molecule has 1 amide bonds. The highest BCUT2D eigenvalue weighted by molar-refractivity contribution is 5.94. The first-order valence-electron chi connectivity index (χ1n) is 6.61. The molecule has 0 aromatic heterocycles. The number of hydrogen-bond donors (Lipinski definition) is 2. The van der Waals surface area contributed by atoms with Gasteiger partial charge in [-0.05, 0) is 56.1 Å². The van der Waals surface area contributed by atoms with E-state index in [1.54, 1.807) is 24.3 Å². The third-order valence-corrected chi connectivity index (χ3v) is 4.15. The molecule has 96 valence electrons. The summed E-state index contributed by atoms with van der Waals surface area (Å²) in [5, 5.41) is 3.16. The summed E-state index contributed by atoms with van der Waals surface area (Å²) >= 11 is 0. The highest BCUT2D eigenvalue weighted by Gasteiger charge is 2.34. The van der Waals surface area contributed by atoms with Crippen molar-refractivity contribution in [1.82, 2.24) is 10.2 Å². The molecular weight excluding hydrogens is 226 g/mol. The molecule has 4 heteroatoms. The fourth-order valence-electron chi connectivity index (χ4n) is 3.01. The minimum absolute atomic E-state index is 0.0220. The predicted molar refractivity (Wildman–Crippen MR) is 71.3 cm³/mol. The fourth-order valence-corrected chi connectivity index (χ4v) is 3.01. The molecule has 4 nitrogen and oxygen atoms in total. The highest BCUT2D eigenvalue weighted by Crippen LogP contribution is 2.27. The van der Waals surface area contributed by atoms with E-state index in [-0.39, 0.29) is 5.91 Å². The van der Waals surface area contributed by atoms with Crippen LogP contribution < -0.4 is 11.1 Å². The molecule has 3 fully saturated rings. The molecule has 3 aliphatic rings. The predicted octanol–water partition coefficient (Wildman–Crippen LogP) is 1.09. The highest BCUT2D eigenvalue weighted by atomic mass is 16.1. The Labute approximate surface area is 107 Å². The van der Waals surface area contributed by atoms with Gasteiger partial charge in [-0.25, -0.2) is 0 Å². The third kappa shape index (κ3) is 2.20. The van der Waals surface area contributed by atoms with Gasteiger partial charge in [-0.3, -0.25) is 4.79 Å². The van der Waals surface area contributed by atoms with Gasteiger partial charge < -0.3 is 16.0 Å². The van der Waals surface area contributed by atoms with Crippen LogP contribution in [-0.2, 0) is 0 Å². The largest absolute Gasteiger partial charge is 0.399 e. The van der Waals surface area contributed by atoms with E-state index in [1.807, 2.05) is 0 Å². The van der Waals surface area contributed by atoms with E-state index in [9.17, 15) is 4.79 Å². The Bertz CT molecular complexity index is 435. The quantitative estimate of drug-likeness (QED) is 0.767. The second-order valence-corrected chi connectivity index (χ2v) is 5.34. The number of carbonyl (C=O) groups excluding carboxylic acids is 1. The van der Waals surface area contributed by atoms with Crippen molar-refractivity contribution in [3.63, 3.8) is 0 Å². The number of nitrogens with zero attached hydrogens (tertiary/aromatic N) is 1. The summed E-state index contributed by atoms with van der Waals surface area (Å²) in [6.45, 7) is 3.39. The van der Waals surface area contributed by atoms with Gasteiger partial charge in [0, 0.05) is 23.8 Å². The number of nitrogen functional groups attached to an aromatic ring is 1. The summed E-state index contributed by atoms with van der Waals surface area (Å²) in [4.78, 5) is 14.6. The number of nitrogens with one attached hydrogen (secondary N) is 1. The van der Waals surface area contributed by atoms with Crippen molar-refractivity contribution in [3.05, 3.63) is 29.8 Å². The van der Waals surface area contributed by atoms with Crippen LogP contribution in [0.1, 0.15) is 23.2 Å². The summed E-state index contributed by atoms with van der Waals surface area (Å²) in [5.41, 5.74) is 7.01. The van der Waals surface area contributed by atoms with Crippen LogP contribution in [0.2, 0.25) is 0 Å². The molecule has 3 N–H and O–H groups in total. The zero-order valence-corrected chi connectivity index (χ0v) is 10.4. The summed E-state index contributed by atoms with van der Waals surface area (Å²) in [5.74, 6) is 0.682. The maximum atomic E-state index is 12.1. The van der Waals surface area contributed by atoms with Gasteiger partial charge in [0.25, 0.3) is 5.91 Å². The number of nitrogens with two attached hydrogens (primary N) is 1.